The maximum atomic E-state index is 13.0. The number of hydrogen-bond donors (Lipinski definition) is 0. The van der Waals surface area contributed by atoms with Crippen molar-refractivity contribution >= 4 is 45.7 Å². The van der Waals surface area contributed by atoms with Crippen molar-refractivity contribution in [2.24, 2.45) is 0 Å². The Morgan fingerprint density at radius 1 is 1.16 bits per heavy atom. The van der Waals surface area contributed by atoms with Crippen molar-refractivity contribution in [3.8, 4) is 5.75 Å². The third kappa shape index (κ3) is 4.60. The Morgan fingerprint density at radius 2 is 1.90 bits per heavy atom. The lowest BCUT2D eigenvalue weighted by atomic mass is 10.0. The van der Waals surface area contributed by atoms with Crippen LogP contribution in [0, 0.1) is 0 Å². The lowest BCUT2D eigenvalue weighted by Gasteiger charge is -2.28. The first kappa shape index (κ1) is 21.4. The van der Waals surface area contributed by atoms with Crippen molar-refractivity contribution in [2.75, 3.05) is 32.8 Å². The molecule has 0 aliphatic carbocycles. The van der Waals surface area contributed by atoms with Crippen LogP contribution in [0.15, 0.2) is 41.3 Å². The molecule has 2 aliphatic heterocycles. The number of carbonyl (C=O) groups is 3. The molecule has 2 aromatic rings. The number of rotatable bonds is 5. The summed E-state index contributed by atoms with van der Waals surface area (Å²) in [6.45, 7) is 5.48. The van der Waals surface area contributed by atoms with Crippen molar-refractivity contribution in [1.29, 1.82) is 0 Å². The number of thioether (sulfide) groups is 1. The molecular weight excluding hydrogens is 416 g/mol. The predicted molar refractivity (Wildman–Crippen MR) is 120 cm³/mol. The summed E-state index contributed by atoms with van der Waals surface area (Å²) < 4.78 is 11.2. The number of fused-ring (bicyclic) bond motifs is 1. The van der Waals surface area contributed by atoms with Crippen LogP contribution in [0.2, 0.25) is 0 Å². The van der Waals surface area contributed by atoms with E-state index < -0.39 is 11.1 Å². The first-order chi connectivity index (χ1) is 14.9. The topological polar surface area (TPSA) is 76.2 Å². The largest absolute Gasteiger partial charge is 0.490 e. The summed E-state index contributed by atoms with van der Waals surface area (Å²) in [5.41, 5.74) is 0.747. The van der Waals surface area contributed by atoms with Gasteiger partial charge in [-0.1, -0.05) is 30.3 Å². The summed E-state index contributed by atoms with van der Waals surface area (Å²) in [7, 11) is 0. The summed E-state index contributed by atoms with van der Waals surface area (Å²) in [6, 6.07) is 11.7. The zero-order chi connectivity index (χ0) is 22.0. The van der Waals surface area contributed by atoms with Crippen molar-refractivity contribution in [2.45, 2.75) is 20.0 Å². The average molecular weight is 441 g/mol. The Hall–Kier alpha value is -2.84. The van der Waals surface area contributed by atoms with E-state index >= 15 is 0 Å². The van der Waals surface area contributed by atoms with Crippen LogP contribution < -0.4 is 4.74 Å². The van der Waals surface area contributed by atoms with Crippen molar-refractivity contribution < 1.29 is 23.9 Å². The van der Waals surface area contributed by atoms with Gasteiger partial charge in [-0.15, -0.1) is 0 Å². The van der Waals surface area contributed by atoms with Gasteiger partial charge in [0.15, 0.2) is 0 Å². The Bertz CT molecular complexity index is 1060. The number of hydrogen-bond acceptors (Lipinski definition) is 6. The molecule has 0 unspecified atom stereocenters. The van der Waals surface area contributed by atoms with E-state index in [1.807, 2.05) is 50.2 Å². The van der Waals surface area contributed by atoms with Gasteiger partial charge in [0.05, 0.1) is 24.2 Å². The van der Waals surface area contributed by atoms with Crippen LogP contribution >= 0.6 is 11.8 Å². The molecule has 2 aliphatic rings. The van der Waals surface area contributed by atoms with Crippen molar-refractivity contribution in [3.63, 3.8) is 0 Å². The predicted octanol–water partition coefficient (Wildman–Crippen LogP) is 3.52. The van der Waals surface area contributed by atoms with Gasteiger partial charge in [0.2, 0.25) is 5.91 Å². The Morgan fingerprint density at radius 3 is 2.65 bits per heavy atom. The van der Waals surface area contributed by atoms with Gasteiger partial charge in [-0.2, -0.15) is 0 Å². The van der Waals surface area contributed by atoms with E-state index in [0.29, 0.717) is 32.1 Å². The number of morpholine rings is 1. The third-order valence-electron chi connectivity index (χ3n) is 5.10. The molecule has 0 spiro atoms. The quantitative estimate of drug-likeness (QED) is 0.662. The van der Waals surface area contributed by atoms with E-state index in [4.69, 9.17) is 9.47 Å². The highest BCUT2D eigenvalue weighted by atomic mass is 32.2. The number of nitrogens with zero attached hydrogens (tertiary/aromatic N) is 2. The normalized spacial score (nSPS) is 18.5. The molecule has 2 heterocycles. The van der Waals surface area contributed by atoms with Gasteiger partial charge in [-0.3, -0.25) is 19.3 Å². The third-order valence-corrected chi connectivity index (χ3v) is 6.01. The van der Waals surface area contributed by atoms with E-state index in [1.54, 1.807) is 11.0 Å². The molecule has 7 nitrogen and oxygen atoms in total. The zero-order valence-electron chi connectivity index (χ0n) is 17.5. The maximum absolute atomic E-state index is 13.0. The van der Waals surface area contributed by atoms with Crippen LogP contribution in [0.25, 0.3) is 16.8 Å². The van der Waals surface area contributed by atoms with Crippen molar-refractivity contribution in [1.82, 2.24) is 9.80 Å². The fourth-order valence-corrected chi connectivity index (χ4v) is 4.42. The number of amides is 3. The van der Waals surface area contributed by atoms with Crippen LogP contribution in [0.1, 0.15) is 19.4 Å². The number of carbonyl (C=O) groups excluding carboxylic acids is 3. The summed E-state index contributed by atoms with van der Waals surface area (Å²) in [6.07, 6.45) is 1.65. The highest BCUT2D eigenvalue weighted by Gasteiger charge is 2.37. The fraction of sp³-hybridized carbons (Fsp3) is 0.348. The smallest absolute Gasteiger partial charge is 0.294 e. The molecule has 2 saturated heterocycles. The highest BCUT2D eigenvalue weighted by Crippen LogP contribution is 2.37. The van der Waals surface area contributed by atoms with Gasteiger partial charge in [0.1, 0.15) is 12.3 Å². The lowest BCUT2D eigenvalue weighted by Crippen LogP contribution is -2.46. The molecule has 0 atom stereocenters. The first-order valence-corrected chi connectivity index (χ1v) is 11.0. The van der Waals surface area contributed by atoms with E-state index in [-0.39, 0.29) is 23.5 Å². The molecule has 2 aromatic carbocycles. The van der Waals surface area contributed by atoms with Gasteiger partial charge in [-0.25, -0.2) is 0 Å². The average Bonchev–Trinajstić information content (AvgIpc) is 3.03. The summed E-state index contributed by atoms with van der Waals surface area (Å²) in [5.74, 6) is -0.0641. The molecule has 0 radical (unpaired) electrons. The Kier molecular flexibility index (Phi) is 6.29. The molecule has 3 amide bonds. The molecule has 0 bridgehead atoms. The standard InChI is InChI=1S/C23H24N2O5S/c1-15(2)30-19-8-7-16-5-3-4-6-17(16)18(19)13-20-22(27)25(23(28)31-20)14-21(26)24-9-11-29-12-10-24/h3-8,13,15H,9-12,14H2,1-2H3/b20-13+. The SMILES string of the molecule is CC(C)Oc1ccc2ccccc2c1/C=C1/SC(=O)N(CC(=O)N2CCOCC2)C1=O. The molecule has 0 saturated carbocycles. The molecule has 162 valence electrons. The van der Waals surface area contributed by atoms with Crippen LogP contribution in [-0.2, 0) is 14.3 Å². The molecule has 4 rings (SSSR count). The number of benzene rings is 2. The zero-order valence-corrected chi connectivity index (χ0v) is 18.3. The van der Waals surface area contributed by atoms with Crippen LogP contribution in [0.5, 0.6) is 5.75 Å². The fourth-order valence-electron chi connectivity index (χ4n) is 3.60. The monoisotopic (exact) mass is 440 g/mol. The minimum atomic E-state index is -0.458. The molecule has 0 N–H and O–H groups in total. The summed E-state index contributed by atoms with van der Waals surface area (Å²) in [4.78, 5) is 41.0. The molecular formula is C23H24N2O5S. The number of imide groups is 1. The Labute approximate surface area is 185 Å². The Balaban J connectivity index is 1.63. The lowest BCUT2D eigenvalue weighted by molar-refractivity contribution is -0.139. The van der Waals surface area contributed by atoms with Crippen LogP contribution in [0.4, 0.5) is 4.79 Å². The molecule has 8 heteroatoms. The molecule has 0 aromatic heterocycles. The second-order valence-corrected chi connectivity index (χ2v) is 8.62. The van der Waals surface area contributed by atoms with E-state index in [9.17, 15) is 14.4 Å². The second-order valence-electron chi connectivity index (χ2n) is 7.63. The minimum Gasteiger partial charge on any atom is -0.490 e. The van der Waals surface area contributed by atoms with E-state index in [1.165, 1.54) is 0 Å². The van der Waals surface area contributed by atoms with Gasteiger partial charge in [0.25, 0.3) is 11.1 Å². The summed E-state index contributed by atoms with van der Waals surface area (Å²) in [5, 5.41) is 1.49. The van der Waals surface area contributed by atoms with E-state index in [0.717, 1.165) is 33.0 Å². The maximum Gasteiger partial charge on any atom is 0.294 e. The van der Waals surface area contributed by atoms with E-state index in [2.05, 4.69) is 0 Å². The molecule has 31 heavy (non-hydrogen) atoms. The van der Waals surface area contributed by atoms with Gasteiger partial charge >= 0.3 is 0 Å². The van der Waals surface area contributed by atoms with Crippen LogP contribution in [0.3, 0.4) is 0 Å². The van der Waals surface area contributed by atoms with Gasteiger partial charge in [0, 0.05) is 18.7 Å². The minimum absolute atomic E-state index is 0.0467. The summed E-state index contributed by atoms with van der Waals surface area (Å²) >= 11 is 0.849. The second kappa shape index (κ2) is 9.11. The van der Waals surface area contributed by atoms with Gasteiger partial charge in [-0.05, 0) is 48.5 Å². The first-order valence-electron chi connectivity index (χ1n) is 10.2. The van der Waals surface area contributed by atoms with Gasteiger partial charge < -0.3 is 14.4 Å². The highest BCUT2D eigenvalue weighted by molar-refractivity contribution is 8.18. The van der Waals surface area contributed by atoms with Crippen LogP contribution in [-0.4, -0.2) is 65.8 Å². The molecule has 2 fully saturated rings. The number of ether oxygens (including phenoxy) is 2. The van der Waals surface area contributed by atoms with Crippen molar-refractivity contribution in [3.05, 3.63) is 46.9 Å².